The number of imidazole rings is 1. The van der Waals surface area contributed by atoms with Crippen molar-refractivity contribution in [2.75, 3.05) is 13.2 Å². The van der Waals surface area contributed by atoms with Gasteiger partial charge in [-0.15, -0.1) is 0 Å². The quantitative estimate of drug-likeness (QED) is 0.0733. The molecule has 0 aliphatic heterocycles. The molecule has 0 bridgehead atoms. The van der Waals surface area contributed by atoms with Gasteiger partial charge in [0.2, 0.25) is 35.4 Å². The monoisotopic (exact) mass is 716 g/mol. The Bertz CT molecular complexity index is 1500. The normalized spacial score (nSPS) is 14.0. The van der Waals surface area contributed by atoms with Crippen LogP contribution in [0.2, 0.25) is 0 Å². The zero-order chi connectivity index (χ0) is 38.2. The second-order valence-corrected chi connectivity index (χ2v) is 12.7. The molecule has 0 unspecified atom stereocenters. The molecule has 5 atom stereocenters. The predicted octanol–water partition coefficient (Wildman–Crippen LogP) is -1.76. The molecule has 2 aromatic rings. The maximum absolute atomic E-state index is 13.8. The predicted molar refractivity (Wildman–Crippen MR) is 181 cm³/mol. The number of hydrogen-bond donors (Lipinski definition) is 10. The Balaban J connectivity index is 2.31. The summed E-state index contributed by atoms with van der Waals surface area (Å²) in [7, 11) is 0. The molecule has 0 saturated carbocycles. The van der Waals surface area contributed by atoms with Crippen LogP contribution in [0.3, 0.4) is 0 Å². The Labute approximate surface area is 294 Å². The number of aromatic nitrogens is 2. The number of aliphatic hydroxyl groups excluding tert-OH is 1. The van der Waals surface area contributed by atoms with E-state index >= 15 is 0 Å². The molecule has 1 aromatic carbocycles. The van der Waals surface area contributed by atoms with Gasteiger partial charge in [-0.2, -0.15) is 0 Å². The molecule has 1 heterocycles. The molecule has 51 heavy (non-hydrogen) atoms. The van der Waals surface area contributed by atoms with Crippen molar-refractivity contribution in [1.82, 2.24) is 41.9 Å². The lowest BCUT2D eigenvalue weighted by Crippen LogP contribution is -2.59. The maximum Gasteiger partial charge on any atom is 0.328 e. The molecule has 0 aliphatic carbocycles. The molecule has 280 valence electrons. The standard InChI is InChI=1S/C33H48N8O10/c1-17(2)10-23(39-31(48)25(12-21-13-34-16-36-21)41-32(49)28(18(3)4)37-19(5)43)30(47)40-24(11-20-6-8-22(44)9-7-20)29(46)35-14-27(45)38-26(15-42)33(50)51/h6-9,13,16-18,23-26,28,42,44H,10-12,14-15H2,1-5H3,(H,34,36)(H,35,46)(H,37,43)(H,38,45)(H,39,48)(H,40,47)(H,41,49)(H,50,51)/t23-,24-,25-,26-,28-/m0/s1. The first-order chi connectivity index (χ1) is 24.0. The third-order valence-corrected chi connectivity index (χ3v) is 7.50. The lowest BCUT2D eigenvalue weighted by Gasteiger charge is -2.28. The molecule has 18 heteroatoms. The highest BCUT2D eigenvalue weighted by Gasteiger charge is 2.33. The van der Waals surface area contributed by atoms with E-state index in [4.69, 9.17) is 5.11 Å². The van der Waals surface area contributed by atoms with Crippen molar-refractivity contribution < 1.29 is 48.9 Å². The van der Waals surface area contributed by atoms with E-state index < -0.39 is 84.8 Å². The smallest absolute Gasteiger partial charge is 0.328 e. The number of aliphatic carboxylic acids is 1. The van der Waals surface area contributed by atoms with Gasteiger partial charge in [0.25, 0.3) is 0 Å². The lowest BCUT2D eigenvalue weighted by molar-refractivity contribution is -0.142. The molecule has 6 amide bonds. The highest BCUT2D eigenvalue weighted by Crippen LogP contribution is 2.13. The van der Waals surface area contributed by atoms with Gasteiger partial charge in [0.15, 0.2) is 0 Å². The number of aromatic amines is 1. The van der Waals surface area contributed by atoms with E-state index in [2.05, 4.69) is 41.9 Å². The Hall–Kier alpha value is -5.52. The molecule has 0 fully saturated rings. The number of H-pyrrole nitrogens is 1. The van der Waals surface area contributed by atoms with Crippen molar-refractivity contribution in [3.05, 3.63) is 48.0 Å². The maximum atomic E-state index is 13.8. The number of hydrogen-bond acceptors (Lipinski definition) is 10. The topological polar surface area (TPSA) is 281 Å². The van der Waals surface area contributed by atoms with Crippen LogP contribution < -0.4 is 31.9 Å². The minimum atomic E-state index is -1.59. The molecule has 18 nitrogen and oxygen atoms in total. The minimum Gasteiger partial charge on any atom is -0.508 e. The number of amides is 6. The molecule has 1 aromatic heterocycles. The van der Waals surface area contributed by atoms with Crippen LogP contribution in [0.15, 0.2) is 36.8 Å². The van der Waals surface area contributed by atoms with Crippen molar-refractivity contribution in [3.8, 4) is 5.75 Å². The Morgan fingerprint density at radius 2 is 1.35 bits per heavy atom. The fourth-order valence-corrected chi connectivity index (χ4v) is 4.88. The largest absolute Gasteiger partial charge is 0.508 e. The molecule has 0 aliphatic rings. The first-order valence-corrected chi connectivity index (χ1v) is 16.3. The van der Waals surface area contributed by atoms with Crippen LogP contribution in [0.1, 0.15) is 52.3 Å². The number of nitrogens with one attached hydrogen (secondary N) is 7. The first-order valence-electron chi connectivity index (χ1n) is 16.3. The summed E-state index contributed by atoms with van der Waals surface area (Å²) in [6.45, 7) is 6.79. The summed E-state index contributed by atoms with van der Waals surface area (Å²) >= 11 is 0. The van der Waals surface area contributed by atoms with Crippen LogP contribution in [0.4, 0.5) is 0 Å². The number of benzene rings is 1. The van der Waals surface area contributed by atoms with Gasteiger partial charge in [-0.1, -0.05) is 39.8 Å². The number of nitrogens with zero attached hydrogens (tertiary/aromatic N) is 1. The second-order valence-electron chi connectivity index (χ2n) is 12.7. The molecular weight excluding hydrogens is 668 g/mol. The number of rotatable bonds is 20. The fourth-order valence-electron chi connectivity index (χ4n) is 4.88. The summed E-state index contributed by atoms with van der Waals surface area (Å²) in [5, 5.41) is 42.9. The van der Waals surface area contributed by atoms with Crippen LogP contribution in [0.5, 0.6) is 5.75 Å². The van der Waals surface area contributed by atoms with E-state index in [1.807, 2.05) is 13.8 Å². The Morgan fingerprint density at radius 3 is 1.88 bits per heavy atom. The van der Waals surface area contributed by atoms with Crippen molar-refractivity contribution in [2.24, 2.45) is 11.8 Å². The Morgan fingerprint density at radius 1 is 0.765 bits per heavy atom. The zero-order valence-electron chi connectivity index (χ0n) is 29.2. The van der Waals surface area contributed by atoms with Crippen molar-refractivity contribution >= 4 is 41.4 Å². The summed E-state index contributed by atoms with van der Waals surface area (Å²) in [5.41, 5.74) is 0.957. The van der Waals surface area contributed by atoms with E-state index in [9.17, 15) is 43.8 Å². The second kappa shape index (κ2) is 20.2. The number of aromatic hydroxyl groups is 1. The number of carbonyl (C=O) groups is 7. The number of aliphatic hydroxyl groups is 1. The number of carbonyl (C=O) groups excluding carboxylic acids is 6. The third kappa shape index (κ3) is 14.5. The highest BCUT2D eigenvalue weighted by molar-refractivity contribution is 5.96. The molecule has 2 rings (SSSR count). The summed E-state index contributed by atoms with van der Waals surface area (Å²) in [5.74, 6) is -6.25. The van der Waals surface area contributed by atoms with Gasteiger partial charge in [0, 0.05) is 26.0 Å². The summed E-state index contributed by atoms with van der Waals surface area (Å²) in [4.78, 5) is 96.2. The van der Waals surface area contributed by atoms with Crippen molar-refractivity contribution in [3.63, 3.8) is 0 Å². The molecular formula is C33H48N8O10. The van der Waals surface area contributed by atoms with Crippen molar-refractivity contribution in [1.29, 1.82) is 0 Å². The lowest BCUT2D eigenvalue weighted by atomic mass is 9.99. The van der Waals surface area contributed by atoms with Gasteiger partial charge < -0.3 is 52.2 Å². The summed E-state index contributed by atoms with van der Waals surface area (Å²) in [6.07, 6.45) is 2.89. The van der Waals surface area contributed by atoms with Crippen molar-refractivity contribution in [2.45, 2.75) is 84.1 Å². The van der Waals surface area contributed by atoms with Gasteiger partial charge in [-0.05, 0) is 36.0 Å². The number of carboxylic acid groups (broad SMARTS) is 1. The van der Waals surface area contributed by atoms with Gasteiger partial charge in [0.1, 0.15) is 36.0 Å². The van der Waals surface area contributed by atoms with Crippen LogP contribution in [-0.4, -0.2) is 110 Å². The number of phenolic OH excluding ortho intramolecular Hbond substituents is 1. The minimum absolute atomic E-state index is 0.0368. The van der Waals surface area contributed by atoms with Gasteiger partial charge in [-0.3, -0.25) is 28.8 Å². The molecule has 0 radical (unpaired) electrons. The van der Waals surface area contributed by atoms with Crippen LogP contribution in [0.25, 0.3) is 0 Å². The fraction of sp³-hybridized carbons (Fsp3) is 0.515. The third-order valence-electron chi connectivity index (χ3n) is 7.50. The SMILES string of the molecule is CC(=O)N[C@H](C(=O)N[C@@H](Cc1c[nH]cn1)C(=O)N[C@@H](CC(C)C)C(=O)N[C@@H](Cc1ccc(O)cc1)C(=O)NCC(=O)N[C@@H](CO)C(=O)O)C(C)C. The highest BCUT2D eigenvalue weighted by atomic mass is 16.4. The average molecular weight is 717 g/mol. The van der Waals surface area contributed by atoms with Crippen LogP contribution in [-0.2, 0) is 46.4 Å². The molecule has 10 N–H and O–H groups in total. The van der Waals surface area contributed by atoms with Gasteiger partial charge >= 0.3 is 5.97 Å². The van der Waals surface area contributed by atoms with Crippen LogP contribution >= 0.6 is 0 Å². The summed E-state index contributed by atoms with van der Waals surface area (Å²) < 4.78 is 0. The first kappa shape index (κ1) is 41.7. The van der Waals surface area contributed by atoms with Gasteiger partial charge in [-0.25, -0.2) is 9.78 Å². The van der Waals surface area contributed by atoms with Gasteiger partial charge in [0.05, 0.1) is 25.2 Å². The Kier molecular flexibility index (Phi) is 16.5. The number of carboxylic acids is 1. The van der Waals surface area contributed by atoms with Crippen LogP contribution in [0, 0.1) is 11.8 Å². The molecule has 0 saturated heterocycles. The van der Waals surface area contributed by atoms with E-state index in [0.29, 0.717) is 11.3 Å². The van der Waals surface area contributed by atoms with E-state index in [-0.39, 0.29) is 36.8 Å². The zero-order valence-corrected chi connectivity index (χ0v) is 29.2. The summed E-state index contributed by atoms with van der Waals surface area (Å²) in [6, 6.07) is -0.468. The van der Waals surface area contributed by atoms with E-state index in [1.54, 1.807) is 13.8 Å². The van der Waals surface area contributed by atoms with E-state index in [1.165, 1.54) is 43.7 Å². The number of phenols is 1. The van der Waals surface area contributed by atoms with E-state index in [0.717, 1.165) is 0 Å². The molecule has 0 spiro atoms. The average Bonchev–Trinajstić information content (AvgIpc) is 3.57.